The number of guanidine groups is 1. The van der Waals surface area contributed by atoms with Crippen molar-refractivity contribution in [2.24, 2.45) is 15.7 Å². The second-order valence-electron chi connectivity index (χ2n) is 3.29. The molecular weight excluding hydrogens is 230 g/mol. The van der Waals surface area contributed by atoms with Crippen molar-refractivity contribution in [3.05, 3.63) is 34.8 Å². The van der Waals surface area contributed by atoms with Crippen LogP contribution in [0.15, 0.2) is 27.9 Å². The van der Waals surface area contributed by atoms with E-state index in [1.165, 1.54) is 12.2 Å². The van der Waals surface area contributed by atoms with Crippen molar-refractivity contribution in [3.63, 3.8) is 0 Å². The van der Waals surface area contributed by atoms with Crippen LogP contribution in [-0.2, 0) is 0 Å². The van der Waals surface area contributed by atoms with Gasteiger partial charge in [0.1, 0.15) is 0 Å². The minimum atomic E-state index is -0.346. The lowest BCUT2D eigenvalue weighted by molar-refractivity contribution is 1.07. The van der Waals surface area contributed by atoms with Gasteiger partial charge < -0.3 is 5.73 Å². The number of aromatic amines is 1. The van der Waals surface area contributed by atoms with Gasteiger partial charge in [-0.15, -0.1) is 0 Å². The molecule has 0 atom stereocenters. The Balaban J connectivity index is 3.24. The van der Waals surface area contributed by atoms with Crippen molar-refractivity contribution in [1.82, 2.24) is 9.97 Å². The molecule has 0 unspecified atom stereocenters. The highest BCUT2D eigenvalue weighted by atomic mass is 16.1. The van der Waals surface area contributed by atoms with E-state index in [1.807, 2.05) is 6.92 Å². The molecule has 0 aliphatic rings. The van der Waals surface area contributed by atoms with Gasteiger partial charge in [0.15, 0.2) is 0 Å². The van der Waals surface area contributed by atoms with E-state index in [9.17, 15) is 4.79 Å². The fourth-order valence-corrected chi connectivity index (χ4v) is 1.22. The lowest BCUT2D eigenvalue weighted by atomic mass is 10.2. The predicted molar refractivity (Wildman–Crippen MR) is 75.1 cm³/mol. The van der Waals surface area contributed by atoms with Gasteiger partial charge >= 0.3 is 0 Å². The minimum absolute atomic E-state index is 0.0290. The molecule has 1 aromatic heterocycles. The Labute approximate surface area is 105 Å². The lowest BCUT2D eigenvalue weighted by Gasteiger charge is -2.00. The first-order chi connectivity index (χ1) is 8.62. The van der Waals surface area contributed by atoms with E-state index in [1.54, 1.807) is 6.21 Å². The average molecular weight is 245 g/mol. The second kappa shape index (κ2) is 6.29. The molecule has 0 aliphatic carbocycles. The lowest BCUT2D eigenvalue weighted by Crippen LogP contribution is -2.14. The Morgan fingerprint density at radius 3 is 2.78 bits per heavy atom. The molecule has 0 bridgehead atoms. The molecule has 0 spiro atoms. The monoisotopic (exact) mass is 245 g/mol. The van der Waals surface area contributed by atoms with E-state index in [2.05, 4.69) is 33.1 Å². The summed E-state index contributed by atoms with van der Waals surface area (Å²) in [6.07, 6.45) is 5.22. The summed E-state index contributed by atoms with van der Waals surface area (Å²) >= 11 is 0. The summed E-state index contributed by atoms with van der Waals surface area (Å²) in [6, 6.07) is 0. The molecule has 1 heterocycles. The zero-order chi connectivity index (χ0) is 13.5. The van der Waals surface area contributed by atoms with Crippen molar-refractivity contribution >= 4 is 30.3 Å². The van der Waals surface area contributed by atoms with Crippen LogP contribution in [0.4, 0.5) is 5.95 Å². The smallest absolute Gasteiger partial charge is 0.260 e. The van der Waals surface area contributed by atoms with E-state index in [0.29, 0.717) is 11.3 Å². The molecule has 0 radical (unpaired) electrons. The third-order valence-corrected chi connectivity index (χ3v) is 2.00. The second-order valence-corrected chi connectivity index (χ2v) is 3.29. The van der Waals surface area contributed by atoms with Gasteiger partial charge in [-0.05, 0) is 12.5 Å². The van der Waals surface area contributed by atoms with Crippen molar-refractivity contribution in [2.75, 3.05) is 0 Å². The van der Waals surface area contributed by atoms with Crippen molar-refractivity contribution < 1.29 is 0 Å². The molecule has 0 saturated carbocycles. The third-order valence-electron chi connectivity index (χ3n) is 2.00. The normalized spacial score (nSPS) is 11.7. The summed E-state index contributed by atoms with van der Waals surface area (Å²) in [7, 11) is 0. The van der Waals surface area contributed by atoms with Gasteiger partial charge in [0.25, 0.3) is 5.56 Å². The SMILES string of the molecule is C=Cc1nc(/N=C(N)\N=C\CC)[nH]c(=O)c1C=C. The summed E-state index contributed by atoms with van der Waals surface area (Å²) in [5.41, 5.74) is 5.95. The number of nitrogens with one attached hydrogen (secondary N) is 1. The van der Waals surface area contributed by atoms with Crippen molar-refractivity contribution in [2.45, 2.75) is 13.3 Å². The average Bonchev–Trinajstić information content (AvgIpc) is 2.35. The Morgan fingerprint density at radius 1 is 1.50 bits per heavy atom. The summed E-state index contributed by atoms with van der Waals surface area (Å²) in [5, 5.41) is 0. The Hall–Kier alpha value is -2.50. The molecular formula is C12H15N5O. The van der Waals surface area contributed by atoms with Crippen LogP contribution >= 0.6 is 0 Å². The van der Waals surface area contributed by atoms with Gasteiger partial charge in [-0.25, -0.2) is 9.98 Å². The number of aliphatic imine (C=N–C) groups is 2. The fourth-order valence-electron chi connectivity index (χ4n) is 1.22. The van der Waals surface area contributed by atoms with Crippen LogP contribution in [-0.4, -0.2) is 22.1 Å². The Morgan fingerprint density at radius 2 is 2.22 bits per heavy atom. The predicted octanol–water partition coefficient (Wildman–Crippen LogP) is 1.48. The van der Waals surface area contributed by atoms with Gasteiger partial charge in [-0.2, -0.15) is 4.99 Å². The Kier molecular flexibility index (Phi) is 4.74. The minimum Gasteiger partial charge on any atom is -0.368 e. The first kappa shape index (κ1) is 13.6. The molecule has 0 aromatic carbocycles. The van der Waals surface area contributed by atoms with E-state index in [4.69, 9.17) is 5.73 Å². The maximum absolute atomic E-state index is 11.7. The van der Waals surface area contributed by atoms with E-state index < -0.39 is 0 Å². The number of aromatic nitrogens is 2. The van der Waals surface area contributed by atoms with Crippen LogP contribution in [0.5, 0.6) is 0 Å². The molecule has 6 heteroatoms. The molecule has 6 nitrogen and oxygen atoms in total. The van der Waals surface area contributed by atoms with Gasteiger partial charge in [-0.1, -0.05) is 26.2 Å². The number of nitrogens with two attached hydrogens (primary N) is 1. The number of nitrogens with zero attached hydrogens (tertiary/aromatic N) is 3. The maximum atomic E-state index is 11.7. The van der Waals surface area contributed by atoms with E-state index in [-0.39, 0.29) is 17.5 Å². The molecule has 18 heavy (non-hydrogen) atoms. The van der Waals surface area contributed by atoms with Crippen molar-refractivity contribution in [3.8, 4) is 0 Å². The number of H-pyrrole nitrogens is 1. The zero-order valence-corrected chi connectivity index (χ0v) is 10.2. The van der Waals surface area contributed by atoms with Crippen LogP contribution in [0.25, 0.3) is 12.2 Å². The standard InChI is InChI=1S/C12H15N5O/c1-4-7-14-11(13)17-12-15-9(6-3)8(5-2)10(18)16-12/h5-7H,2-4H2,1H3,(H3,13,15,16,17,18)/b14-7+. The third kappa shape index (κ3) is 3.24. The van der Waals surface area contributed by atoms with Gasteiger partial charge in [0.05, 0.1) is 11.3 Å². The Bertz CT molecular complexity index is 568. The summed E-state index contributed by atoms with van der Waals surface area (Å²) in [4.78, 5) is 26.0. The maximum Gasteiger partial charge on any atom is 0.260 e. The van der Waals surface area contributed by atoms with Gasteiger partial charge in [0, 0.05) is 6.21 Å². The number of hydrogen-bond acceptors (Lipinski definition) is 3. The van der Waals surface area contributed by atoms with Gasteiger partial charge in [0.2, 0.25) is 11.9 Å². The molecule has 0 amide bonds. The van der Waals surface area contributed by atoms with Crippen LogP contribution < -0.4 is 11.3 Å². The van der Waals surface area contributed by atoms with Gasteiger partial charge in [-0.3, -0.25) is 9.78 Å². The number of hydrogen-bond donors (Lipinski definition) is 2. The summed E-state index contributed by atoms with van der Waals surface area (Å²) in [5.74, 6) is 0.118. The molecule has 0 fully saturated rings. The van der Waals surface area contributed by atoms with E-state index >= 15 is 0 Å². The summed E-state index contributed by atoms with van der Waals surface area (Å²) < 4.78 is 0. The van der Waals surface area contributed by atoms with Crippen LogP contribution in [0.2, 0.25) is 0 Å². The topological polar surface area (TPSA) is 96.5 Å². The first-order valence-electron chi connectivity index (χ1n) is 5.38. The highest BCUT2D eigenvalue weighted by molar-refractivity contribution is 5.87. The molecule has 3 N–H and O–H groups in total. The first-order valence-corrected chi connectivity index (χ1v) is 5.38. The highest BCUT2D eigenvalue weighted by Crippen LogP contribution is 2.08. The quantitative estimate of drug-likeness (QED) is 0.621. The molecule has 1 rings (SSSR count). The van der Waals surface area contributed by atoms with Crippen LogP contribution in [0.3, 0.4) is 0 Å². The van der Waals surface area contributed by atoms with E-state index in [0.717, 1.165) is 6.42 Å². The summed E-state index contributed by atoms with van der Waals surface area (Å²) in [6.45, 7) is 9.04. The molecule has 1 aromatic rings. The van der Waals surface area contributed by atoms with Crippen LogP contribution in [0, 0.1) is 0 Å². The highest BCUT2D eigenvalue weighted by Gasteiger charge is 2.05. The van der Waals surface area contributed by atoms with Crippen molar-refractivity contribution in [1.29, 1.82) is 0 Å². The molecule has 0 saturated heterocycles. The zero-order valence-electron chi connectivity index (χ0n) is 10.2. The van der Waals surface area contributed by atoms with Crippen LogP contribution in [0.1, 0.15) is 24.6 Å². The fraction of sp³-hybridized carbons (Fsp3) is 0.167. The molecule has 94 valence electrons. The molecule has 0 aliphatic heterocycles. The number of rotatable bonds is 4. The largest absolute Gasteiger partial charge is 0.368 e.